The lowest BCUT2D eigenvalue weighted by Gasteiger charge is -2.34. The van der Waals surface area contributed by atoms with Gasteiger partial charge in [-0.2, -0.15) is 0 Å². The van der Waals surface area contributed by atoms with Crippen LogP contribution in [0.2, 0.25) is 0 Å². The summed E-state index contributed by atoms with van der Waals surface area (Å²) in [6, 6.07) is 9.70. The van der Waals surface area contributed by atoms with E-state index in [9.17, 15) is 5.11 Å². The van der Waals surface area contributed by atoms with Crippen molar-refractivity contribution < 1.29 is 9.84 Å². The second-order valence-electron chi connectivity index (χ2n) is 6.78. The Morgan fingerprint density at radius 1 is 1.14 bits per heavy atom. The number of para-hydroxylation sites is 1. The zero-order valence-corrected chi connectivity index (χ0v) is 12.9. The monoisotopic (exact) mass is 287 g/mol. The van der Waals surface area contributed by atoms with Gasteiger partial charge >= 0.3 is 0 Å². The highest BCUT2D eigenvalue weighted by Crippen LogP contribution is 2.50. The van der Waals surface area contributed by atoms with Crippen LogP contribution in [0.5, 0.6) is 0 Å². The molecule has 0 aliphatic carbocycles. The number of aromatic nitrogens is 3. The molecular weight excluding hydrogens is 266 g/mol. The van der Waals surface area contributed by atoms with Crippen LogP contribution in [-0.4, -0.2) is 31.3 Å². The number of hydrogen-bond acceptors (Lipinski definition) is 4. The van der Waals surface area contributed by atoms with Crippen molar-refractivity contribution in [3.8, 4) is 5.69 Å². The first kappa shape index (κ1) is 14.2. The highest BCUT2D eigenvalue weighted by molar-refractivity contribution is 5.34. The lowest BCUT2D eigenvalue weighted by molar-refractivity contribution is -0.132. The van der Waals surface area contributed by atoms with Crippen molar-refractivity contribution in [1.82, 2.24) is 15.0 Å². The summed E-state index contributed by atoms with van der Waals surface area (Å²) < 4.78 is 7.73. The topological polar surface area (TPSA) is 60.2 Å². The number of aliphatic hydroxyl groups is 1. The van der Waals surface area contributed by atoms with Gasteiger partial charge in [0.25, 0.3) is 0 Å². The third-order valence-corrected chi connectivity index (χ3v) is 4.18. The third-order valence-electron chi connectivity index (χ3n) is 4.18. The van der Waals surface area contributed by atoms with Gasteiger partial charge in [-0.15, -0.1) is 5.10 Å². The third kappa shape index (κ3) is 2.17. The number of rotatable bonds is 2. The van der Waals surface area contributed by atoms with Gasteiger partial charge in [0.2, 0.25) is 0 Å². The molecule has 0 bridgehead atoms. The molecule has 21 heavy (non-hydrogen) atoms. The SMILES string of the molecule is CC1(C)CC(O)(c2cnnn2-c2ccccc2)C(C)(C)O1. The van der Waals surface area contributed by atoms with Gasteiger partial charge in [0.05, 0.1) is 28.8 Å². The molecule has 1 fully saturated rings. The summed E-state index contributed by atoms with van der Waals surface area (Å²) in [4.78, 5) is 0. The molecule has 5 heteroatoms. The largest absolute Gasteiger partial charge is 0.380 e. The summed E-state index contributed by atoms with van der Waals surface area (Å²) in [7, 11) is 0. The van der Waals surface area contributed by atoms with Gasteiger partial charge in [-0.3, -0.25) is 0 Å². The van der Waals surface area contributed by atoms with E-state index in [1.807, 2.05) is 58.0 Å². The van der Waals surface area contributed by atoms with Crippen molar-refractivity contribution >= 4 is 0 Å². The Hall–Kier alpha value is -1.72. The zero-order chi connectivity index (χ0) is 15.3. The van der Waals surface area contributed by atoms with Crippen LogP contribution in [0.15, 0.2) is 36.5 Å². The Bertz CT molecular complexity index is 649. The summed E-state index contributed by atoms with van der Waals surface area (Å²) in [6.07, 6.45) is 2.12. The Morgan fingerprint density at radius 2 is 1.81 bits per heavy atom. The van der Waals surface area contributed by atoms with Gasteiger partial charge in [0, 0.05) is 6.42 Å². The van der Waals surface area contributed by atoms with Gasteiger partial charge in [-0.1, -0.05) is 23.4 Å². The van der Waals surface area contributed by atoms with E-state index < -0.39 is 16.8 Å². The molecule has 2 heterocycles. The van der Waals surface area contributed by atoms with Crippen molar-refractivity contribution in [3.63, 3.8) is 0 Å². The standard InChI is InChI=1S/C16H21N3O2/c1-14(2)11-16(20,15(3,4)21-14)13-10-17-18-19(13)12-8-6-5-7-9-12/h5-10,20H,11H2,1-4H3. The van der Waals surface area contributed by atoms with E-state index in [0.717, 1.165) is 5.69 Å². The van der Waals surface area contributed by atoms with E-state index in [2.05, 4.69) is 10.3 Å². The first-order valence-corrected chi connectivity index (χ1v) is 7.14. The molecule has 112 valence electrons. The Kier molecular flexibility index (Phi) is 2.97. The average molecular weight is 287 g/mol. The quantitative estimate of drug-likeness (QED) is 0.921. The first-order chi connectivity index (χ1) is 9.75. The minimum absolute atomic E-state index is 0.399. The minimum atomic E-state index is -1.14. The maximum atomic E-state index is 11.3. The molecule has 0 amide bonds. The number of nitrogens with zero attached hydrogens (tertiary/aromatic N) is 3. The lowest BCUT2D eigenvalue weighted by atomic mass is 9.80. The molecule has 1 aromatic carbocycles. The van der Waals surface area contributed by atoms with E-state index in [1.54, 1.807) is 10.9 Å². The Labute approximate surface area is 124 Å². The van der Waals surface area contributed by atoms with Crippen molar-refractivity contribution in [3.05, 3.63) is 42.2 Å². The predicted octanol–water partition coefficient (Wildman–Crippen LogP) is 2.43. The fourth-order valence-electron chi connectivity index (χ4n) is 3.32. The van der Waals surface area contributed by atoms with E-state index in [0.29, 0.717) is 12.1 Å². The molecular formula is C16H21N3O2. The van der Waals surface area contributed by atoms with E-state index in [4.69, 9.17) is 4.74 Å². The molecule has 1 unspecified atom stereocenters. The van der Waals surface area contributed by atoms with Crippen LogP contribution in [0.4, 0.5) is 0 Å². The van der Waals surface area contributed by atoms with Gasteiger partial charge in [0.1, 0.15) is 5.60 Å². The predicted molar refractivity (Wildman–Crippen MR) is 79.1 cm³/mol. The molecule has 1 N–H and O–H groups in total. The number of benzene rings is 1. The fourth-order valence-corrected chi connectivity index (χ4v) is 3.32. The van der Waals surface area contributed by atoms with E-state index in [1.165, 1.54) is 0 Å². The van der Waals surface area contributed by atoms with Crippen LogP contribution in [0.1, 0.15) is 39.8 Å². The zero-order valence-electron chi connectivity index (χ0n) is 12.9. The maximum absolute atomic E-state index is 11.3. The normalized spacial score (nSPS) is 26.9. The summed E-state index contributed by atoms with van der Waals surface area (Å²) in [5.74, 6) is 0. The molecule has 1 aliphatic heterocycles. The van der Waals surface area contributed by atoms with Crippen LogP contribution in [0.3, 0.4) is 0 Å². The van der Waals surface area contributed by atoms with Crippen LogP contribution < -0.4 is 0 Å². The molecule has 0 saturated carbocycles. The number of hydrogen-bond donors (Lipinski definition) is 1. The van der Waals surface area contributed by atoms with Crippen molar-refractivity contribution in [1.29, 1.82) is 0 Å². The summed E-state index contributed by atoms with van der Waals surface area (Å²) in [5.41, 5.74) is -0.729. The highest BCUT2D eigenvalue weighted by Gasteiger charge is 2.59. The smallest absolute Gasteiger partial charge is 0.139 e. The average Bonchev–Trinajstić information content (AvgIpc) is 2.92. The summed E-state index contributed by atoms with van der Waals surface area (Å²) in [6.45, 7) is 7.79. The lowest BCUT2D eigenvalue weighted by Crippen LogP contribution is -2.45. The maximum Gasteiger partial charge on any atom is 0.139 e. The van der Waals surface area contributed by atoms with Gasteiger partial charge < -0.3 is 9.84 Å². The molecule has 1 atom stereocenters. The molecule has 1 aromatic heterocycles. The molecule has 5 nitrogen and oxygen atoms in total. The van der Waals surface area contributed by atoms with Crippen molar-refractivity contribution in [2.45, 2.75) is 50.9 Å². The molecule has 1 saturated heterocycles. The van der Waals surface area contributed by atoms with Crippen molar-refractivity contribution in [2.24, 2.45) is 0 Å². The fraction of sp³-hybridized carbons (Fsp3) is 0.500. The Balaban J connectivity index is 2.12. The van der Waals surface area contributed by atoms with Crippen LogP contribution >= 0.6 is 0 Å². The Morgan fingerprint density at radius 3 is 2.38 bits per heavy atom. The summed E-state index contributed by atoms with van der Waals surface area (Å²) in [5, 5.41) is 19.5. The van der Waals surface area contributed by atoms with Gasteiger partial charge in [-0.25, -0.2) is 4.68 Å². The van der Waals surface area contributed by atoms with E-state index >= 15 is 0 Å². The van der Waals surface area contributed by atoms with Gasteiger partial charge in [-0.05, 0) is 39.8 Å². The highest BCUT2D eigenvalue weighted by atomic mass is 16.5. The van der Waals surface area contributed by atoms with Gasteiger partial charge in [0.15, 0.2) is 0 Å². The van der Waals surface area contributed by atoms with Crippen LogP contribution in [0.25, 0.3) is 5.69 Å². The summed E-state index contributed by atoms with van der Waals surface area (Å²) >= 11 is 0. The van der Waals surface area contributed by atoms with E-state index in [-0.39, 0.29) is 0 Å². The second kappa shape index (κ2) is 4.39. The first-order valence-electron chi connectivity index (χ1n) is 7.14. The van der Waals surface area contributed by atoms with Crippen LogP contribution in [-0.2, 0) is 10.3 Å². The van der Waals surface area contributed by atoms with Crippen molar-refractivity contribution in [2.75, 3.05) is 0 Å². The number of ether oxygens (including phenoxy) is 1. The molecule has 2 aromatic rings. The molecule has 0 radical (unpaired) electrons. The minimum Gasteiger partial charge on any atom is -0.380 e. The molecule has 3 rings (SSSR count). The van der Waals surface area contributed by atoms with Crippen LogP contribution in [0, 0.1) is 0 Å². The molecule has 0 spiro atoms. The molecule has 1 aliphatic rings. The second-order valence-corrected chi connectivity index (χ2v) is 6.78.